The van der Waals surface area contributed by atoms with Crippen molar-refractivity contribution in [3.63, 3.8) is 0 Å². The topological polar surface area (TPSA) is 84.1 Å². The highest BCUT2D eigenvalue weighted by Crippen LogP contribution is 2.39. The van der Waals surface area contributed by atoms with Gasteiger partial charge in [0, 0.05) is 13.0 Å². The number of nitrogens with one attached hydrogen (secondary N) is 2. The molecule has 1 aromatic heterocycles. The van der Waals surface area contributed by atoms with Gasteiger partial charge in [0.15, 0.2) is 5.03 Å². The second-order valence-electron chi connectivity index (χ2n) is 5.24. The molecule has 3 rings (SSSR count). The smallest absolute Gasteiger partial charge is 0.257 e. The van der Waals surface area contributed by atoms with E-state index in [1.165, 1.54) is 6.20 Å². The Hall–Kier alpha value is -0.920. The SMILES string of the molecule is CCc1ncc(S(=O)(=O)NC2CCOC2C2CC2)[nH]1. The van der Waals surface area contributed by atoms with E-state index in [2.05, 4.69) is 14.7 Å². The third kappa shape index (κ3) is 2.68. The number of rotatable bonds is 5. The third-order valence-electron chi connectivity index (χ3n) is 3.76. The molecule has 0 amide bonds. The minimum atomic E-state index is -3.52. The first kappa shape index (κ1) is 13.1. The summed E-state index contributed by atoms with van der Waals surface area (Å²) in [4.78, 5) is 6.87. The van der Waals surface area contributed by atoms with Crippen molar-refractivity contribution in [2.24, 2.45) is 5.92 Å². The van der Waals surface area contributed by atoms with E-state index < -0.39 is 10.0 Å². The lowest BCUT2D eigenvalue weighted by Gasteiger charge is -2.18. The average Bonchev–Trinajstić information content (AvgIpc) is 2.92. The van der Waals surface area contributed by atoms with Crippen LogP contribution in [-0.4, -0.2) is 37.1 Å². The van der Waals surface area contributed by atoms with E-state index in [0.717, 1.165) is 19.3 Å². The van der Waals surface area contributed by atoms with Gasteiger partial charge in [0.2, 0.25) is 0 Å². The molecule has 1 aliphatic carbocycles. The Labute approximate surface area is 113 Å². The fourth-order valence-corrected chi connectivity index (χ4v) is 3.77. The number of H-pyrrole nitrogens is 1. The van der Waals surface area contributed by atoms with Crippen molar-refractivity contribution in [3.05, 3.63) is 12.0 Å². The molecule has 1 saturated carbocycles. The Balaban J connectivity index is 1.73. The summed E-state index contributed by atoms with van der Waals surface area (Å²) in [5, 5.41) is 0.144. The van der Waals surface area contributed by atoms with Gasteiger partial charge >= 0.3 is 0 Å². The normalized spacial score (nSPS) is 27.8. The minimum Gasteiger partial charge on any atom is -0.376 e. The van der Waals surface area contributed by atoms with Crippen LogP contribution in [0.1, 0.15) is 32.0 Å². The molecule has 2 atom stereocenters. The summed E-state index contributed by atoms with van der Waals surface area (Å²) in [7, 11) is -3.52. The van der Waals surface area contributed by atoms with Crippen molar-refractivity contribution in [3.8, 4) is 0 Å². The Bertz CT molecular complexity index is 550. The number of sulfonamides is 1. The molecule has 0 radical (unpaired) electrons. The summed E-state index contributed by atoms with van der Waals surface area (Å²) < 4.78 is 32.9. The van der Waals surface area contributed by atoms with E-state index in [1.807, 2.05) is 6.92 Å². The second-order valence-corrected chi connectivity index (χ2v) is 6.92. The lowest BCUT2D eigenvalue weighted by molar-refractivity contribution is 0.0848. The van der Waals surface area contributed by atoms with Crippen LogP contribution in [0.25, 0.3) is 0 Å². The van der Waals surface area contributed by atoms with E-state index >= 15 is 0 Å². The molecule has 2 N–H and O–H groups in total. The predicted molar refractivity (Wildman–Crippen MR) is 69.2 cm³/mol. The molecule has 0 aromatic carbocycles. The molecule has 0 spiro atoms. The summed E-state index contributed by atoms with van der Waals surface area (Å²) >= 11 is 0. The van der Waals surface area contributed by atoms with E-state index in [1.54, 1.807) is 0 Å². The molecule has 0 bridgehead atoms. The number of hydrogen-bond acceptors (Lipinski definition) is 4. The molecule has 1 saturated heterocycles. The van der Waals surface area contributed by atoms with Crippen LogP contribution in [0.4, 0.5) is 0 Å². The molecule has 2 fully saturated rings. The van der Waals surface area contributed by atoms with Crippen molar-refractivity contribution in [1.82, 2.24) is 14.7 Å². The van der Waals surface area contributed by atoms with Crippen molar-refractivity contribution in [2.45, 2.75) is 49.8 Å². The highest BCUT2D eigenvalue weighted by molar-refractivity contribution is 7.89. The molecule has 2 aliphatic rings. The molecule has 2 heterocycles. The van der Waals surface area contributed by atoms with Crippen LogP contribution in [0.2, 0.25) is 0 Å². The van der Waals surface area contributed by atoms with Gasteiger partial charge in [-0.3, -0.25) is 0 Å². The van der Waals surface area contributed by atoms with Crippen LogP contribution in [0.5, 0.6) is 0 Å². The Morgan fingerprint density at radius 1 is 1.47 bits per heavy atom. The lowest BCUT2D eigenvalue weighted by Crippen LogP contribution is -2.41. The van der Waals surface area contributed by atoms with Gasteiger partial charge in [0.1, 0.15) is 5.82 Å². The van der Waals surface area contributed by atoms with E-state index in [9.17, 15) is 8.42 Å². The number of aromatic amines is 1. The first-order valence-electron chi connectivity index (χ1n) is 6.78. The fraction of sp³-hybridized carbons (Fsp3) is 0.750. The van der Waals surface area contributed by atoms with Crippen LogP contribution in [0.3, 0.4) is 0 Å². The van der Waals surface area contributed by atoms with E-state index in [0.29, 0.717) is 24.8 Å². The lowest BCUT2D eigenvalue weighted by atomic mass is 10.1. The molecular formula is C12H19N3O3S. The zero-order chi connectivity index (χ0) is 13.5. The molecule has 19 heavy (non-hydrogen) atoms. The number of nitrogens with zero attached hydrogens (tertiary/aromatic N) is 1. The van der Waals surface area contributed by atoms with Gasteiger partial charge in [0.25, 0.3) is 10.0 Å². The average molecular weight is 285 g/mol. The zero-order valence-corrected chi connectivity index (χ0v) is 11.7. The zero-order valence-electron chi connectivity index (χ0n) is 10.9. The Morgan fingerprint density at radius 2 is 2.26 bits per heavy atom. The number of imidazole rings is 1. The molecule has 1 aliphatic heterocycles. The van der Waals surface area contributed by atoms with Gasteiger partial charge in [-0.05, 0) is 25.2 Å². The van der Waals surface area contributed by atoms with Gasteiger partial charge < -0.3 is 9.72 Å². The Morgan fingerprint density at radius 3 is 2.89 bits per heavy atom. The highest BCUT2D eigenvalue weighted by Gasteiger charge is 2.42. The second kappa shape index (κ2) is 4.88. The van der Waals surface area contributed by atoms with Gasteiger partial charge in [0.05, 0.1) is 18.3 Å². The molecule has 106 valence electrons. The van der Waals surface area contributed by atoms with Crippen molar-refractivity contribution < 1.29 is 13.2 Å². The quantitative estimate of drug-likeness (QED) is 0.839. The number of aromatic nitrogens is 2. The Kier molecular flexibility index (Phi) is 3.36. The highest BCUT2D eigenvalue weighted by atomic mass is 32.2. The largest absolute Gasteiger partial charge is 0.376 e. The van der Waals surface area contributed by atoms with Crippen LogP contribution in [0, 0.1) is 5.92 Å². The monoisotopic (exact) mass is 285 g/mol. The van der Waals surface area contributed by atoms with Crippen molar-refractivity contribution in [2.75, 3.05) is 6.61 Å². The predicted octanol–water partition coefficient (Wildman–Crippen LogP) is 0.818. The summed E-state index contributed by atoms with van der Waals surface area (Å²) in [6, 6.07) is -0.106. The van der Waals surface area contributed by atoms with Crippen molar-refractivity contribution >= 4 is 10.0 Å². The maximum Gasteiger partial charge on any atom is 0.257 e. The molecule has 6 nitrogen and oxygen atoms in total. The third-order valence-corrected chi connectivity index (χ3v) is 5.16. The summed E-state index contributed by atoms with van der Waals surface area (Å²) in [5.74, 6) is 1.21. The van der Waals surface area contributed by atoms with E-state index in [-0.39, 0.29) is 17.2 Å². The van der Waals surface area contributed by atoms with Crippen LogP contribution >= 0.6 is 0 Å². The van der Waals surface area contributed by atoms with Crippen molar-refractivity contribution in [1.29, 1.82) is 0 Å². The van der Waals surface area contributed by atoms with E-state index in [4.69, 9.17) is 4.74 Å². The van der Waals surface area contributed by atoms with Gasteiger partial charge in [-0.2, -0.15) is 0 Å². The molecule has 7 heteroatoms. The number of aryl methyl sites for hydroxylation is 1. The van der Waals surface area contributed by atoms with Crippen LogP contribution in [-0.2, 0) is 21.2 Å². The number of ether oxygens (including phenoxy) is 1. The van der Waals surface area contributed by atoms with Crippen LogP contribution in [0.15, 0.2) is 11.2 Å². The first-order valence-corrected chi connectivity index (χ1v) is 8.26. The summed E-state index contributed by atoms with van der Waals surface area (Å²) in [5.41, 5.74) is 0. The molecular weight excluding hydrogens is 266 g/mol. The molecule has 1 aromatic rings. The maximum atomic E-state index is 12.3. The number of hydrogen-bond donors (Lipinski definition) is 2. The van der Waals surface area contributed by atoms with Gasteiger partial charge in [-0.15, -0.1) is 0 Å². The maximum absolute atomic E-state index is 12.3. The fourth-order valence-electron chi connectivity index (χ4n) is 2.55. The first-order chi connectivity index (χ1) is 9.10. The van der Waals surface area contributed by atoms with Gasteiger partial charge in [-0.1, -0.05) is 6.92 Å². The summed E-state index contributed by atoms with van der Waals surface area (Å²) in [6.45, 7) is 2.56. The summed E-state index contributed by atoms with van der Waals surface area (Å²) in [6.07, 6.45) is 5.15. The molecule has 2 unspecified atom stereocenters. The minimum absolute atomic E-state index is 0.0448. The standard InChI is InChI=1S/C12H19N3O3S/c1-2-10-13-7-11(14-10)19(16,17)15-9-5-6-18-12(9)8-3-4-8/h7-9,12,15H,2-6H2,1H3,(H,13,14). The van der Waals surface area contributed by atoms with Crippen LogP contribution < -0.4 is 4.72 Å². The van der Waals surface area contributed by atoms with Gasteiger partial charge in [-0.25, -0.2) is 18.1 Å².